The molecule has 1 heterocycles. The van der Waals surface area contributed by atoms with Gasteiger partial charge in [0, 0.05) is 25.6 Å². The highest BCUT2D eigenvalue weighted by molar-refractivity contribution is 5.43. The summed E-state index contributed by atoms with van der Waals surface area (Å²) in [6.07, 6.45) is 0.947. The van der Waals surface area contributed by atoms with Gasteiger partial charge in [0.25, 0.3) is 0 Å². The van der Waals surface area contributed by atoms with E-state index in [1.165, 1.54) is 5.56 Å². The zero-order valence-corrected chi connectivity index (χ0v) is 12.1. The molecule has 0 aliphatic carbocycles. The molecule has 0 saturated heterocycles. The van der Waals surface area contributed by atoms with E-state index in [0.717, 1.165) is 44.2 Å². The summed E-state index contributed by atoms with van der Waals surface area (Å²) in [4.78, 5) is 2.21. The number of rotatable bonds is 5. The first kappa shape index (κ1) is 14.2. The van der Waals surface area contributed by atoms with Crippen molar-refractivity contribution >= 4 is 0 Å². The minimum atomic E-state index is 0.528. The van der Waals surface area contributed by atoms with E-state index in [9.17, 15) is 0 Å². The fourth-order valence-electron chi connectivity index (χ4n) is 1.93. The Morgan fingerprint density at radius 2 is 1.95 bits per heavy atom. The van der Waals surface area contributed by atoms with Gasteiger partial charge in [-0.25, -0.2) is 0 Å². The van der Waals surface area contributed by atoms with Gasteiger partial charge in [-0.1, -0.05) is 6.07 Å². The Bertz CT molecular complexity index is 407. The highest BCUT2D eigenvalue weighted by Gasteiger charge is 2.10. The Kier molecular flexibility index (Phi) is 5.05. The van der Waals surface area contributed by atoms with Crippen molar-refractivity contribution in [3.05, 3.63) is 23.8 Å². The maximum absolute atomic E-state index is 5.69. The predicted molar refractivity (Wildman–Crippen MR) is 76.9 cm³/mol. The van der Waals surface area contributed by atoms with Crippen LogP contribution in [0.25, 0.3) is 0 Å². The molecule has 0 amide bonds. The zero-order valence-electron chi connectivity index (χ0n) is 12.1. The van der Waals surface area contributed by atoms with E-state index >= 15 is 0 Å². The molecule has 4 heteroatoms. The van der Waals surface area contributed by atoms with Crippen molar-refractivity contribution in [1.29, 1.82) is 0 Å². The SMILES string of the molecule is CC(CNCc1ccc2c(c1)OCCCO2)N(C)C. The fourth-order valence-corrected chi connectivity index (χ4v) is 1.93. The van der Waals surface area contributed by atoms with Gasteiger partial charge in [-0.05, 0) is 38.7 Å². The van der Waals surface area contributed by atoms with Gasteiger partial charge in [-0.3, -0.25) is 0 Å². The van der Waals surface area contributed by atoms with E-state index in [4.69, 9.17) is 9.47 Å². The standard InChI is InChI=1S/C15H24N2O2/c1-12(17(2)3)10-16-11-13-5-6-14-15(9-13)19-8-4-7-18-14/h5-6,9,12,16H,4,7-8,10-11H2,1-3H3. The highest BCUT2D eigenvalue weighted by Crippen LogP contribution is 2.30. The van der Waals surface area contributed by atoms with Crippen molar-refractivity contribution in [2.45, 2.75) is 25.9 Å². The Hall–Kier alpha value is -1.26. The molecule has 1 aliphatic heterocycles. The Morgan fingerprint density at radius 1 is 1.21 bits per heavy atom. The van der Waals surface area contributed by atoms with Gasteiger partial charge in [0.2, 0.25) is 0 Å². The lowest BCUT2D eigenvalue weighted by atomic mass is 10.2. The fraction of sp³-hybridized carbons (Fsp3) is 0.600. The maximum atomic E-state index is 5.69. The van der Waals surface area contributed by atoms with Crippen LogP contribution in [0.15, 0.2) is 18.2 Å². The molecule has 19 heavy (non-hydrogen) atoms. The molecule has 0 radical (unpaired) electrons. The molecule has 0 aromatic heterocycles. The van der Waals surface area contributed by atoms with E-state index in [1.54, 1.807) is 0 Å². The third kappa shape index (κ3) is 4.11. The molecule has 0 bridgehead atoms. The van der Waals surface area contributed by atoms with Gasteiger partial charge < -0.3 is 19.7 Å². The average Bonchev–Trinajstić information content (AvgIpc) is 2.63. The predicted octanol–water partition coefficient (Wildman–Crippen LogP) is 1.89. The molecule has 4 nitrogen and oxygen atoms in total. The number of ether oxygens (including phenoxy) is 2. The molecular formula is C15H24N2O2. The molecule has 0 saturated carbocycles. The van der Waals surface area contributed by atoms with Gasteiger partial charge in [0.1, 0.15) is 0 Å². The van der Waals surface area contributed by atoms with Gasteiger partial charge in [-0.2, -0.15) is 0 Å². The summed E-state index contributed by atoms with van der Waals surface area (Å²) in [5.74, 6) is 1.74. The molecule has 0 spiro atoms. The lowest BCUT2D eigenvalue weighted by Crippen LogP contribution is -2.35. The molecule has 1 N–H and O–H groups in total. The number of likely N-dealkylation sites (N-methyl/N-ethyl adjacent to an activating group) is 1. The number of nitrogens with one attached hydrogen (secondary N) is 1. The van der Waals surface area contributed by atoms with Gasteiger partial charge in [-0.15, -0.1) is 0 Å². The minimum Gasteiger partial charge on any atom is -0.490 e. The second-order valence-corrected chi connectivity index (χ2v) is 5.28. The van der Waals surface area contributed by atoms with E-state index < -0.39 is 0 Å². The van der Waals surface area contributed by atoms with Crippen molar-refractivity contribution in [2.24, 2.45) is 0 Å². The van der Waals surface area contributed by atoms with Crippen molar-refractivity contribution in [1.82, 2.24) is 10.2 Å². The Labute approximate surface area is 115 Å². The van der Waals surface area contributed by atoms with E-state index in [0.29, 0.717) is 6.04 Å². The largest absolute Gasteiger partial charge is 0.490 e. The van der Waals surface area contributed by atoms with Crippen LogP contribution in [0, 0.1) is 0 Å². The number of hydrogen-bond donors (Lipinski definition) is 1. The third-order valence-corrected chi connectivity index (χ3v) is 3.46. The van der Waals surface area contributed by atoms with E-state index in [1.807, 2.05) is 6.07 Å². The summed E-state index contributed by atoms with van der Waals surface area (Å²) in [5.41, 5.74) is 1.23. The average molecular weight is 264 g/mol. The second kappa shape index (κ2) is 6.78. The van der Waals surface area contributed by atoms with Crippen LogP contribution in [0.2, 0.25) is 0 Å². The van der Waals surface area contributed by atoms with Crippen LogP contribution in [-0.4, -0.2) is 44.8 Å². The monoisotopic (exact) mass is 264 g/mol. The van der Waals surface area contributed by atoms with Crippen molar-refractivity contribution < 1.29 is 9.47 Å². The normalized spacial score (nSPS) is 16.2. The Balaban J connectivity index is 1.89. The number of hydrogen-bond acceptors (Lipinski definition) is 4. The molecular weight excluding hydrogens is 240 g/mol. The summed E-state index contributed by atoms with van der Waals surface area (Å²) < 4.78 is 11.3. The van der Waals surface area contributed by atoms with Crippen LogP contribution in [-0.2, 0) is 6.54 Å². The van der Waals surface area contributed by atoms with Crippen molar-refractivity contribution in [2.75, 3.05) is 33.9 Å². The first-order valence-corrected chi connectivity index (χ1v) is 6.92. The first-order valence-electron chi connectivity index (χ1n) is 6.92. The molecule has 1 aliphatic rings. The summed E-state index contributed by atoms with van der Waals surface area (Å²) in [7, 11) is 4.19. The summed E-state index contributed by atoms with van der Waals surface area (Å²) >= 11 is 0. The molecule has 1 aromatic carbocycles. The molecule has 2 rings (SSSR count). The smallest absolute Gasteiger partial charge is 0.161 e. The number of benzene rings is 1. The summed E-state index contributed by atoms with van der Waals surface area (Å²) in [5, 5.41) is 3.47. The van der Waals surface area contributed by atoms with Crippen LogP contribution < -0.4 is 14.8 Å². The van der Waals surface area contributed by atoms with Crippen LogP contribution >= 0.6 is 0 Å². The second-order valence-electron chi connectivity index (χ2n) is 5.28. The van der Waals surface area contributed by atoms with E-state index in [2.05, 4.69) is 43.4 Å². The van der Waals surface area contributed by atoms with Crippen molar-refractivity contribution in [3.63, 3.8) is 0 Å². The Morgan fingerprint density at radius 3 is 2.68 bits per heavy atom. The molecule has 1 unspecified atom stereocenters. The van der Waals surface area contributed by atoms with Gasteiger partial charge in [0.15, 0.2) is 11.5 Å². The van der Waals surface area contributed by atoms with Crippen molar-refractivity contribution in [3.8, 4) is 11.5 Å². The van der Waals surface area contributed by atoms with Gasteiger partial charge in [0.05, 0.1) is 13.2 Å². The topological polar surface area (TPSA) is 33.7 Å². The zero-order chi connectivity index (χ0) is 13.7. The summed E-state index contributed by atoms with van der Waals surface area (Å²) in [6, 6.07) is 6.71. The maximum Gasteiger partial charge on any atom is 0.161 e. The minimum absolute atomic E-state index is 0.528. The highest BCUT2D eigenvalue weighted by atomic mass is 16.5. The van der Waals surface area contributed by atoms with Gasteiger partial charge >= 0.3 is 0 Å². The molecule has 106 valence electrons. The number of fused-ring (bicyclic) bond motifs is 1. The molecule has 1 aromatic rings. The van der Waals surface area contributed by atoms with Crippen LogP contribution in [0.4, 0.5) is 0 Å². The van der Waals surface area contributed by atoms with E-state index in [-0.39, 0.29) is 0 Å². The lowest BCUT2D eigenvalue weighted by Gasteiger charge is -2.20. The van der Waals surface area contributed by atoms with Crippen LogP contribution in [0.1, 0.15) is 18.9 Å². The van der Waals surface area contributed by atoms with Crippen LogP contribution in [0.3, 0.4) is 0 Å². The third-order valence-electron chi connectivity index (χ3n) is 3.46. The number of nitrogens with zero attached hydrogens (tertiary/aromatic N) is 1. The quantitative estimate of drug-likeness (QED) is 0.880. The molecule has 1 atom stereocenters. The van der Waals surface area contributed by atoms with Crippen LogP contribution in [0.5, 0.6) is 11.5 Å². The lowest BCUT2D eigenvalue weighted by molar-refractivity contribution is 0.296. The molecule has 0 fully saturated rings. The first-order chi connectivity index (χ1) is 9.16. The summed E-state index contributed by atoms with van der Waals surface area (Å²) in [6.45, 7) is 5.52.